The van der Waals surface area contributed by atoms with E-state index in [0.29, 0.717) is 12.4 Å². The molecule has 5 aliphatic carbocycles. The maximum absolute atomic E-state index is 14.9. The molecule has 2 aromatic rings. The molecule has 8 rings (SSSR count). The summed E-state index contributed by atoms with van der Waals surface area (Å²) in [5.74, 6) is 0.0825. The van der Waals surface area contributed by atoms with E-state index >= 15 is 0 Å². The van der Waals surface area contributed by atoms with E-state index in [1.165, 1.54) is 44.6 Å². The summed E-state index contributed by atoms with van der Waals surface area (Å²) in [6.07, 6.45) is 10.2. The number of para-hydroxylation sites is 1. The Balaban J connectivity index is 1.45. The zero-order valence-electron chi connectivity index (χ0n) is 25.3. The highest BCUT2D eigenvalue weighted by atomic mass is 16.6. The number of fused-ring (bicyclic) bond motifs is 3. The van der Waals surface area contributed by atoms with Gasteiger partial charge in [0.05, 0.1) is 5.41 Å². The van der Waals surface area contributed by atoms with Crippen molar-refractivity contribution >= 4 is 5.97 Å². The maximum Gasteiger partial charge on any atom is 0.345 e. The van der Waals surface area contributed by atoms with Crippen molar-refractivity contribution in [1.29, 1.82) is 0 Å². The summed E-state index contributed by atoms with van der Waals surface area (Å²) in [6.45, 7) is 17.9. The lowest BCUT2D eigenvalue weighted by Crippen LogP contribution is -2.83. The van der Waals surface area contributed by atoms with Gasteiger partial charge < -0.3 is 9.47 Å². The van der Waals surface area contributed by atoms with Gasteiger partial charge in [-0.15, -0.1) is 0 Å². The molecule has 4 atom stereocenters. The first kappa shape index (κ1) is 26.4. The molecule has 0 N–H and O–H groups in total. The molecular formula is C40H36O3. The molecule has 4 unspecified atom stereocenters. The van der Waals surface area contributed by atoms with Crippen molar-refractivity contribution in [1.82, 2.24) is 0 Å². The monoisotopic (exact) mass is 564 g/mol. The van der Waals surface area contributed by atoms with Crippen molar-refractivity contribution in [3.63, 3.8) is 0 Å². The van der Waals surface area contributed by atoms with Crippen LogP contribution in [0.2, 0.25) is 0 Å². The van der Waals surface area contributed by atoms with Gasteiger partial charge in [-0.1, -0.05) is 86.0 Å². The second kappa shape index (κ2) is 8.67. The Morgan fingerprint density at radius 2 is 1.44 bits per heavy atom. The molecule has 1 heterocycles. The van der Waals surface area contributed by atoms with Gasteiger partial charge in [0.15, 0.2) is 5.60 Å². The number of allylic oxidation sites excluding steroid dienone is 12. The molecule has 214 valence electrons. The van der Waals surface area contributed by atoms with Crippen molar-refractivity contribution in [2.75, 3.05) is 6.61 Å². The Hall–Kier alpha value is -4.21. The zero-order chi connectivity index (χ0) is 29.9. The molecule has 1 aliphatic heterocycles. The predicted octanol–water partition coefficient (Wildman–Crippen LogP) is 8.61. The Bertz CT molecular complexity index is 1890. The van der Waals surface area contributed by atoms with Crippen LogP contribution < -0.4 is 4.74 Å². The van der Waals surface area contributed by atoms with Crippen LogP contribution in [0.5, 0.6) is 5.75 Å². The lowest BCUT2D eigenvalue weighted by Gasteiger charge is -2.77. The summed E-state index contributed by atoms with van der Waals surface area (Å²) in [7, 11) is 0. The average Bonchev–Trinajstić information content (AvgIpc) is 3.44. The largest absolute Gasteiger partial charge is 0.424 e. The first-order valence-corrected chi connectivity index (χ1v) is 15.4. The van der Waals surface area contributed by atoms with Crippen molar-refractivity contribution in [3.8, 4) is 5.75 Å². The minimum absolute atomic E-state index is 0.262. The van der Waals surface area contributed by atoms with Gasteiger partial charge in [-0.3, -0.25) is 0 Å². The van der Waals surface area contributed by atoms with Gasteiger partial charge in [-0.25, -0.2) is 4.79 Å². The van der Waals surface area contributed by atoms with Crippen molar-refractivity contribution in [2.24, 2.45) is 10.8 Å². The molecule has 1 fully saturated rings. The number of carbonyl (C=O) groups is 1. The summed E-state index contributed by atoms with van der Waals surface area (Å²) in [6, 6.07) is 18.6. The number of carbonyl (C=O) groups excluding carboxylic acids is 1. The van der Waals surface area contributed by atoms with Crippen LogP contribution in [-0.2, 0) is 16.0 Å². The highest BCUT2D eigenvalue weighted by Crippen LogP contribution is 2.90. The summed E-state index contributed by atoms with van der Waals surface area (Å²) in [5, 5.41) is 0. The molecule has 43 heavy (non-hydrogen) atoms. The molecule has 0 amide bonds. The maximum atomic E-state index is 14.9. The number of rotatable bonds is 7. The third kappa shape index (κ3) is 2.63. The quantitative estimate of drug-likeness (QED) is 0.192. The average molecular weight is 565 g/mol. The van der Waals surface area contributed by atoms with E-state index in [4.69, 9.17) is 9.47 Å². The fourth-order valence-electron chi connectivity index (χ4n) is 10.1. The fraction of sp³-hybridized carbons (Fsp3) is 0.275. The molecule has 0 aromatic heterocycles. The van der Waals surface area contributed by atoms with E-state index in [0.717, 1.165) is 35.1 Å². The van der Waals surface area contributed by atoms with E-state index in [1.54, 1.807) is 0 Å². The topological polar surface area (TPSA) is 35.5 Å². The lowest BCUT2D eigenvalue weighted by molar-refractivity contribution is -0.255. The second-order valence-electron chi connectivity index (χ2n) is 12.7. The normalized spacial score (nSPS) is 31.1. The summed E-state index contributed by atoms with van der Waals surface area (Å²) in [4.78, 5) is 14.9. The highest BCUT2D eigenvalue weighted by molar-refractivity contribution is 6.00. The molecular weight excluding hydrogens is 528 g/mol. The molecule has 0 bridgehead atoms. The minimum atomic E-state index is -1.24. The lowest BCUT2D eigenvalue weighted by atomic mass is 9.25. The number of esters is 1. The molecule has 3 nitrogen and oxygen atoms in total. The SMILES string of the molecule is C=CC1=C2C=CC3=C(C=C)C(C)=C4C(C)=C(C)C(=C1C)C21C2c5ccccc5OC(=O)C2(OCCCc2ccccc2)C341. The number of hydrogen-bond donors (Lipinski definition) is 0. The molecule has 3 heteroatoms. The zero-order valence-corrected chi connectivity index (χ0v) is 25.3. The Morgan fingerprint density at radius 1 is 0.814 bits per heavy atom. The third-order valence-electron chi connectivity index (χ3n) is 11.4. The first-order chi connectivity index (χ1) is 20.8. The van der Waals surface area contributed by atoms with Gasteiger partial charge in [-0.2, -0.15) is 0 Å². The van der Waals surface area contributed by atoms with Gasteiger partial charge >= 0.3 is 5.97 Å². The van der Waals surface area contributed by atoms with Crippen LogP contribution >= 0.6 is 0 Å². The fourth-order valence-corrected chi connectivity index (χ4v) is 10.1. The van der Waals surface area contributed by atoms with Crippen LogP contribution in [0.15, 0.2) is 148 Å². The van der Waals surface area contributed by atoms with Gasteiger partial charge in [0, 0.05) is 23.5 Å². The van der Waals surface area contributed by atoms with Crippen molar-refractivity contribution in [2.45, 2.75) is 52.1 Å². The van der Waals surface area contributed by atoms with E-state index < -0.39 is 16.4 Å². The first-order valence-electron chi connectivity index (χ1n) is 15.4. The molecule has 2 spiro atoms. The van der Waals surface area contributed by atoms with Crippen LogP contribution in [0.1, 0.15) is 51.2 Å². The van der Waals surface area contributed by atoms with Crippen LogP contribution in [0, 0.1) is 10.8 Å². The van der Waals surface area contributed by atoms with Crippen LogP contribution in [0.25, 0.3) is 0 Å². The van der Waals surface area contributed by atoms with E-state index in [1.807, 2.05) is 30.4 Å². The molecule has 6 aliphatic rings. The Kier molecular flexibility index (Phi) is 5.33. The van der Waals surface area contributed by atoms with Crippen molar-refractivity contribution < 1.29 is 14.3 Å². The highest BCUT2D eigenvalue weighted by Gasteiger charge is 2.92. The Morgan fingerprint density at radius 3 is 2.19 bits per heavy atom. The second-order valence-corrected chi connectivity index (χ2v) is 12.7. The number of hydrogen-bond acceptors (Lipinski definition) is 3. The summed E-state index contributed by atoms with van der Waals surface area (Å²) >= 11 is 0. The number of aryl methyl sites for hydroxylation is 1. The van der Waals surface area contributed by atoms with Crippen LogP contribution in [0.4, 0.5) is 0 Å². The summed E-state index contributed by atoms with van der Waals surface area (Å²) < 4.78 is 13.5. The van der Waals surface area contributed by atoms with Gasteiger partial charge in [0.2, 0.25) is 0 Å². The Labute approximate surface area is 254 Å². The van der Waals surface area contributed by atoms with E-state index in [-0.39, 0.29) is 11.9 Å². The van der Waals surface area contributed by atoms with Gasteiger partial charge in [-0.05, 0) is 108 Å². The van der Waals surface area contributed by atoms with Gasteiger partial charge in [0.25, 0.3) is 0 Å². The van der Waals surface area contributed by atoms with Crippen LogP contribution in [-0.4, -0.2) is 18.2 Å². The molecule has 0 radical (unpaired) electrons. The van der Waals surface area contributed by atoms with Crippen LogP contribution in [0.3, 0.4) is 0 Å². The molecule has 2 aromatic carbocycles. The molecule has 1 saturated carbocycles. The smallest absolute Gasteiger partial charge is 0.345 e. The van der Waals surface area contributed by atoms with E-state index in [9.17, 15) is 4.79 Å². The predicted molar refractivity (Wildman–Crippen MR) is 170 cm³/mol. The standard InChI is InChI=1S/C40H36O3/c1-7-28-25(5)34-23(3)24(4)35-26(6)29(8-2)32-21-20-31(28)38(34)36-30-18-12-13-19-33(30)43-37(41)40(36,39(32,35)38)42-22-14-17-27-15-10-9-11-16-27/h7-13,15-16,18-21,36H,1-2,14,17,22H2,3-6H3. The number of ether oxygens (including phenoxy) is 2. The summed E-state index contributed by atoms with van der Waals surface area (Å²) in [5.41, 5.74) is 11.8. The van der Waals surface area contributed by atoms with Gasteiger partial charge in [0.1, 0.15) is 5.75 Å². The minimum Gasteiger partial charge on any atom is -0.424 e. The van der Waals surface area contributed by atoms with E-state index in [2.05, 4.69) is 89.4 Å². The van der Waals surface area contributed by atoms with Crippen molar-refractivity contribution in [3.05, 3.63) is 159 Å². The third-order valence-corrected chi connectivity index (χ3v) is 11.4. The molecule has 0 saturated heterocycles. The number of benzene rings is 2.